The number of nitrogens with one attached hydrogen (secondary N) is 1. The molecule has 6 heteroatoms. The molecule has 0 unspecified atom stereocenters. The van der Waals surface area contributed by atoms with Gasteiger partial charge < -0.3 is 19.6 Å². The summed E-state index contributed by atoms with van der Waals surface area (Å²) in [7, 11) is 4.70. The van der Waals surface area contributed by atoms with Crippen LogP contribution in [0.3, 0.4) is 0 Å². The molecule has 0 aliphatic rings. The first-order valence-electron chi connectivity index (χ1n) is 6.03. The normalized spacial score (nSPS) is 11.1. The molecule has 1 aromatic rings. The number of hydrazine groups is 1. The highest BCUT2D eigenvalue weighted by molar-refractivity contribution is 5.99. The third-order valence-corrected chi connectivity index (χ3v) is 2.57. The molecule has 0 fully saturated rings. The van der Waals surface area contributed by atoms with Gasteiger partial charge in [0, 0.05) is 12.1 Å². The Bertz CT molecular complexity index is 422. The predicted octanol–water partition coefficient (Wildman–Crippen LogP) is 1.33. The molecule has 6 nitrogen and oxygen atoms in total. The van der Waals surface area contributed by atoms with Crippen LogP contribution in [0.15, 0.2) is 17.1 Å². The summed E-state index contributed by atoms with van der Waals surface area (Å²) in [5.74, 6) is 7.76. The number of amidine groups is 1. The van der Waals surface area contributed by atoms with E-state index < -0.39 is 0 Å². The van der Waals surface area contributed by atoms with Crippen LogP contribution in [0.25, 0.3) is 0 Å². The number of benzene rings is 1. The molecular formula is C13H21N3O3. The molecule has 106 valence electrons. The summed E-state index contributed by atoms with van der Waals surface area (Å²) in [5, 5.41) is 0. The molecule has 0 bridgehead atoms. The summed E-state index contributed by atoms with van der Waals surface area (Å²) in [5.41, 5.74) is 3.37. The Hall–Kier alpha value is -1.95. The lowest BCUT2D eigenvalue weighted by molar-refractivity contribution is 0.324. The first-order valence-corrected chi connectivity index (χ1v) is 6.03. The van der Waals surface area contributed by atoms with Crippen molar-refractivity contribution in [3.8, 4) is 17.2 Å². The maximum atomic E-state index is 5.51. The van der Waals surface area contributed by atoms with Gasteiger partial charge in [0.25, 0.3) is 0 Å². The second kappa shape index (κ2) is 7.48. The van der Waals surface area contributed by atoms with E-state index in [9.17, 15) is 0 Å². The van der Waals surface area contributed by atoms with E-state index in [1.807, 2.05) is 6.92 Å². The van der Waals surface area contributed by atoms with Gasteiger partial charge in [0.05, 0.1) is 21.3 Å². The summed E-state index contributed by atoms with van der Waals surface area (Å²) in [6.07, 6.45) is 0.940. The lowest BCUT2D eigenvalue weighted by Crippen LogP contribution is -2.31. The van der Waals surface area contributed by atoms with Gasteiger partial charge in [-0.3, -0.25) is 4.99 Å². The lowest BCUT2D eigenvalue weighted by atomic mass is 10.1. The van der Waals surface area contributed by atoms with Crippen molar-refractivity contribution in [1.29, 1.82) is 0 Å². The Morgan fingerprint density at radius 2 is 1.74 bits per heavy atom. The third kappa shape index (κ3) is 3.51. The van der Waals surface area contributed by atoms with E-state index in [0.29, 0.717) is 29.6 Å². The molecule has 0 amide bonds. The predicted molar refractivity (Wildman–Crippen MR) is 75.1 cm³/mol. The van der Waals surface area contributed by atoms with Crippen molar-refractivity contribution in [2.45, 2.75) is 13.3 Å². The van der Waals surface area contributed by atoms with Crippen LogP contribution in [0.2, 0.25) is 0 Å². The number of methoxy groups -OCH3 is 3. The van der Waals surface area contributed by atoms with E-state index in [2.05, 4.69) is 10.4 Å². The van der Waals surface area contributed by atoms with Crippen LogP contribution in [-0.4, -0.2) is 33.7 Å². The maximum Gasteiger partial charge on any atom is 0.203 e. The number of nitrogens with zero attached hydrogens (tertiary/aromatic N) is 1. The minimum Gasteiger partial charge on any atom is -0.493 e. The van der Waals surface area contributed by atoms with Gasteiger partial charge in [0.1, 0.15) is 5.84 Å². The van der Waals surface area contributed by atoms with Gasteiger partial charge in [-0.05, 0) is 18.6 Å². The zero-order valence-corrected chi connectivity index (χ0v) is 11.8. The van der Waals surface area contributed by atoms with Crippen LogP contribution in [0.5, 0.6) is 17.2 Å². The van der Waals surface area contributed by atoms with Gasteiger partial charge in [-0.2, -0.15) is 0 Å². The largest absolute Gasteiger partial charge is 0.493 e. The van der Waals surface area contributed by atoms with Crippen molar-refractivity contribution in [3.05, 3.63) is 17.7 Å². The minimum absolute atomic E-state index is 0.542. The van der Waals surface area contributed by atoms with E-state index in [4.69, 9.17) is 20.1 Å². The highest BCUT2D eigenvalue weighted by Crippen LogP contribution is 2.38. The van der Waals surface area contributed by atoms with Crippen LogP contribution < -0.4 is 25.5 Å². The first kappa shape index (κ1) is 15.1. The SMILES string of the molecule is CCCN=C(NN)c1cc(OC)c(OC)c(OC)c1. The summed E-state index contributed by atoms with van der Waals surface area (Å²) >= 11 is 0. The Labute approximate surface area is 113 Å². The van der Waals surface area contributed by atoms with Crippen molar-refractivity contribution in [2.24, 2.45) is 10.8 Å². The molecule has 0 saturated carbocycles. The van der Waals surface area contributed by atoms with Crippen LogP contribution in [0, 0.1) is 0 Å². The highest BCUT2D eigenvalue weighted by Gasteiger charge is 2.15. The van der Waals surface area contributed by atoms with Crippen LogP contribution in [-0.2, 0) is 0 Å². The molecule has 0 atom stereocenters. The minimum atomic E-state index is 0.542. The average molecular weight is 267 g/mol. The summed E-state index contributed by atoms with van der Waals surface area (Å²) in [6, 6.07) is 3.60. The molecule has 0 aliphatic carbocycles. The second-order valence-electron chi connectivity index (χ2n) is 3.79. The van der Waals surface area contributed by atoms with E-state index in [-0.39, 0.29) is 0 Å². The quantitative estimate of drug-likeness (QED) is 0.352. The lowest BCUT2D eigenvalue weighted by Gasteiger charge is -2.15. The first-order chi connectivity index (χ1) is 9.21. The zero-order valence-electron chi connectivity index (χ0n) is 11.8. The van der Waals surface area contributed by atoms with Crippen molar-refractivity contribution in [3.63, 3.8) is 0 Å². The summed E-state index contributed by atoms with van der Waals surface area (Å²) in [4.78, 5) is 4.37. The van der Waals surface area contributed by atoms with E-state index >= 15 is 0 Å². The van der Waals surface area contributed by atoms with Gasteiger partial charge in [-0.25, -0.2) is 5.84 Å². The van der Waals surface area contributed by atoms with Crippen molar-refractivity contribution in [1.82, 2.24) is 5.43 Å². The Morgan fingerprint density at radius 1 is 1.16 bits per heavy atom. The topological polar surface area (TPSA) is 78.1 Å². The molecule has 0 spiro atoms. The van der Waals surface area contributed by atoms with Crippen molar-refractivity contribution in [2.75, 3.05) is 27.9 Å². The number of rotatable bonds is 6. The molecule has 1 rings (SSSR count). The molecule has 0 aromatic heterocycles. The fraction of sp³-hybridized carbons (Fsp3) is 0.462. The van der Waals surface area contributed by atoms with Crippen molar-refractivity contribution >= 4 is 5.84 Å². The van der Waals surface area contributed by atoms with Gasteiger partial charge in [0.15, 0.2) is 11.5 Å². The van der Waals surface area contributed by atoms with E-state index in [0.717, 1.165) is 12.0 Å². The van der Waals surface area contributed by atoms with Gasteiger partial charge in [-0.1, -0.05) is 6.92 Å². The monoisotopic (exact) mass is 267 g/mol. The summed E-state index contributed by atoms with van der Waals surface area (Å²) < 4.78 is 15.8. The molecule has 3 N–H and O–H groups in total. The molecule has 1 aromatic carbocycles. The number of aliphatic imine (C=N–C) groups is 1. The van der Waals surface area contributed by atoms with Gasteiger partial charge >= 0.3 is 0 Å². The molecule has 0 saturated heterocycles. The molecular weight excluding hydrogens is 246 g/mol. The zero-order chi connectivity index (χ0) is 14.3. The maximum absolute atomic E-state index is 5.51. The molecule has 19 heavy (non-hydrogen) atoms. The number of hydrogen-bond donors (Lipinski definition) is 2. The summed E-state index contributed by atoms with van der Waals surface area (Å²) in [6.45, 7) is 2.74. The Balaban J connectivity index is 3.28. The fourth-order valence-corrected chi connectivity index (χ4v) is 1.66. The van der Waals surface area contributed by atoms with Crippen LogP contribution in [0.4, 0.5) is 0 Å². The van der Waals surface area contributed by atoms with E-state index in [1.165, 1.54) is 0 Å². The van der Waals surface area contributed by atoms with Crippen LogP contribution >= 0.6 is 0 Å². The van der Waals surface area contributed by atoms with Gasteiger partial charge in [-0.15, -0.1) is 0 Å². The van der Waals surface area contributed by atoms with Crippen LogP contribution in [0.1, 0.15) is 18.9 Å². The molecule has 0 radical (unpaired) electrons. The number of nitrogens with two attached hydrogens (primary N) is 1. The fourth-order valence-electron chi connectivity index (χ4n) is 1.66. The van der Waals surface area contributed by atoms with E-state index in [1.54, 1.807) is 33.5 Å². The highest BCUT2D eigenvalue weighted by atomic mass is 16.5. The standard InChI is InChI=1S/C13H21N3O3/c1-5-6-15-13(16-14)9-7-10(17-2)12(19-4)11(8-9)18-3/h7-8H,5-6,14H2,1-4H3,(H,15,16). The molecule has 0 heterocycles. The Kier molecular flexibility index (Phi) is 5.95. The van der Waals surface area contributed by atoms with Gasteiger partial charge in [0.2, 0.25) is 5.75 Å². The van der Waals surface area contributed by atoms with Crippen molar-refractivity contribution < 1.29 is 14.2 Å². The smallest absolute Gasteiger partial charge is 0.203 e. The Morgan fingerprint density at radius 3 is 2.11 bits per heavy atom. The third-order valence-electron chi connectivity index (χ3n) is 2.57. The average Bonchev–Trinajstić information content (AvgIpc) is 2.46. The second-order valence-corrected chi connectivity index (χ2v) is 3.79. The number of ether oxygens (including phenoxy) is 3. The number of hydrogen-bond acceptors (Lipinski definition) is 5. The molecule has 0 aliphatic heterocycles.